The van der Waals surface area contributed by atoms with E-state index in [1.165, 1.54) is 10.3 Å². The van der Waals surface area contributed by atoms with Crippen molar-refractivity contribution in [3.05, 3.63) is 0 Å². The van der Waals surface area contributed by atoms with Crippen LogP contribution < -0.4 is 21.2 Å². The quantitative estimate of drug-likeness (QED) is 0.426. The summed E-state index contributed by atoms with van der Waals surface area (Å²) in [5.41, 5.74) is 0. The third-order valence-electron chi connectivity index (χ3n) is 5.36. The van der Waals surface area contributed by atoms with Gasteiger partial charge in [-0.05, 0) is 0 Å². The zero-order valence-electron chi connectivity index (χ0n) is 11.6. The van der Waals surface area contributed by atoms with Crippen LogP contribution >= 0.6 is 20.7 Å². The predicted molar refractivity (Wildman–Crippen MR) is 80.9 cm³/mol. The molecule has 3 rings (SSSR count). The maximum atomic E-state index is 2.58. The van der Waals surface area contributed by atoms with Crippen LogP contribution in [0.5, 0.6) is 0 Å². The summed E-state index contributed by atoms with van der Waals surface area (Å²) in [5, 5.41) is 0. The van der Waals surface area contributed by atoms with Crippen molar-refractivity contribution in [3.8, 4) is 0 Å². The number of hydrogen-bond acceptors (Lipinski definition) is 0. The summed E-state index contributed by atoms with van der Waals surface area (Å²) in [5.74, 6) is 5.43. The fourth-order valence-corrected chi connectivity index (χ4v) is 13.9. The van der Waals surface area contributed by atoms with Gasteiger partial charge < -0.3 is 0 Å². The number of rotatable bonds is 2. The fourth-order valence-electron chi connectivity index (χ4n) is 4.90. The Balaban J connectivity index is 2.05. The van der Waals surface area contributed by atoms with Crippen LogP contribution in [0.15, 0.2) is 0 Å². The molecule has 0 aromatic heterocycles. The Kier molecular flexibility index (Phi) is 3.46. The summed E-state index contributed by atoms with van der Waals surface area (Å²) in [7, 11) is 0. The van der Waals surface area contributed by atoms with Crippen LogP contribution in [-0.4, -0.2) is 15.8 Å². The molecule has 1 aliphatic heterocycles. The second-order valence-corrected chi connectivity index (χ2v) is 14.1. The molecule has 0 aromatic rings. The summed E-state index contributed by atoms with van der Waals surface area (Å²) < 4.78 is 4.05. The van der Waals surface area contributed by atoms with Gasteiger partial charge in [0.25, 0.3) is 0 Å². The van der Waals surface area contributed by atoms with Crippen molar-refractivity contribution < 1.29 is 21.2 Å². The van der Waals surface area contributed by atoms with Crippen LogP contribution in [0.3, 0.4) is 0 Å². The van der Waals surface area contributed by atoms with Crippen LogP contribution in [0.25, 0.3) is 0 Å². The third-order valence-corrected chi connectivity index (χ3v) is 12.5. The molecule has 0 radical (unpaired) electrons. The Morgan fingerprint density at radius 1 is 1.35 bits per heavy atom. The van der Waals surface area contributed by atoms with Gasteiger partial charge in [0.2, 0.25) is 0 Å². The molecule has 2 saturated carbocycles. The van der Waals surface area contributed by atoms with Crippen molar-refractivity contribution in [1.29, 1.82) is 0 Å². The van der Waals surface area contributed by atoms with Crippen LogP contribution in [0.1, 0.15) is 40.5 Å². The standard InChI is InChI=1S/C15H25I2/c1-6-9-8(2)11-10-7-15(3,4)17-14(11)12(9)13(10)16-5/h8-13H,6-7H2,1-5H3/q-1/t8?,9?,10?,11?,12?,13-/m0/s1. The summed E-state index contributed by atoms with van der Waals surface area (Å²) in [4.78, 5) is 2.56. The molecular weight excluding hydrogens is 434 g/mol. The summed E-state index contributed by atoms with van der Waals surface area (Å²) >= 11 is 0.822. The van der Waals surface area contributed by atoms with E-state index in [-0.39, 0.29) is 0 Å². The van der Waals surface area contributed by atoms with E-state index in [1.807, 2.05) is 0 Å². The molecule has 0 aromatic carbocycles. The molecule has 6 atom stereocenters. The first-order valence-electron chi connectivity index (χ1n) is 7.01. The number of halogens is 2. The van der Waals surface area contributed by atoms with Gasteiger partial charge in [0.05, 0.1) is 0 Å². The van der Waals surface area contributed by atoms with E-state index in [9.17, 15) is 0 Å². The Morgan fingerprint density at radius 2 is 2.06 bits per heavy atom. The van der Waals surface area contributed by atoms with E-state index in [0.717, 1.165) is 33.0 Å². The number of hydrogen-bond donors (Lipinski definition) is 0. The van der Waals surface area contributed by atoms with Crippen molar-refractivity contribution in [2.24, 2.45) is 29.6 Å². The minimum atomic E-state index is 0.367. The Hall–Kier alpha value is 1.33. The van der Waals surface area contributed by atoms with Gasteiger partial charge in [-0.3, -0.25) is 0 Å². The first-order chi connectivity index (χ1) is 8.00. The van der Waals surface area contributed by atoms with Gasteiger partial charge in [-0.1, -0.05) is 0 Å². The molecule has 5 unspecified atom stereocenters. The molecule has 2 aliphatic carbocycles. The van der Waals surface area contributed by atoms with Gasteiger partial charge in [0.1, 0.15) is 0 Å². The molecule has 0 N–H and O–H groups in total. The molecule has 0 spiro atoms. The first-order valence-corrected chi connectivity index (χ1v) is 12.6. The minimum absolute atomic E-state index is 0.367. The molecule has 0 amide bonds. The van der Waals surface area contributed by atoms with Gasteiger partial charge in [-0.15, -0.1) is 0 Å². The van der Waals surface area contributed by atoms with Crippen molar-refractivity contribution in [2.75, 3.05) is 4.93 Å². The van der Waals surface area contributed by atoms with Crippen molar-refractivity contribution in [3.63, 3.8) is 0 Å². The van der Waals surface area contributed by atoms with E-state index in [1.54, 1.807) is 6.42 Å². The predicted octanol–water partition coefficient (Wildman–Crippen LogP) is 0.937. The summed E-state index contributed by atoms with van der Waals surface area (Å²) in [6.45, 7) is 10.2. The second-order valence-electron chi connectivity index (χ2n) is 6.71. The van der Waals surface area contributed by atoms with Gasteiger partial charge >= 0.3 is 128 Å². The van der Waals surface area contributed by atoms with Crippen LogP contribution in [0.4, 0.5) is 0 Å². The molecule has 100 valence electrons. The molecular formula is C15H25I2-. The molecule has 4 bridgehead atoms. The van der Waals surface area contributed by atoms with E-state index < -0.39 is 0 Å². The van der Waals surface area contributed by atoms with Crippen LogP contribution in [0.2, 0.25) is 0 Å². The molecule has 17 heavy (non-hydrogen) atoms. The molecule has 0 nitrogen and oxygen atoms in total. The summed E-state index contributed by atoms with van der Waals surface area (Å²) in [6, 6.07) is 0. The van der Waals surface area contributed by atoms with E-state index in [2.05, 4.69) is 36.1 Å². The third kappa shape index (κ3) is 1.82. The van der Waals surface area contributed by atoms with Crippen molar-refractivity contribution >= 4 is 24.2 Å². The first kappa shape index (κ1) is 13.3. The monoisotopic (exact) mass is 459 g/mol. The van der Waals surface area contributed by atoms with E-state index >= 15 is 0 Å². The van der Waals surface area contributed by atoms with Gasteiger partial charge in [-0.25, -0.2) is 0 Å². The Labute approximate surface area is 127 Å². The van der Waals surface area contributed by atoms with Crippen molar-refractivity contribution in [2.45, 2.75) is 47.9 Å². The second kappa shape index (κ2) is 4.42. The van der Waals surface area contributed by atoms with Gasteiger partial charge in [0, 0.05) is 0 Å². The van der Waals surface area contributed by atoms with Crippen LogP contribution in [0, 0.1) is 29.6 Å². The molecule has 2 fully saturated rings. The average Bonchev–Trinajstić information content (AvgIpc) is 2.62. The molecule has 0 saturated heterocycles. The molecule has 3 aliphatic rings. The average molecular weight is 459 g/mol. The Morgan fingerprint density at radius 3 is 2.65 bits per heavy atom. The van der Waals surface area contributed by atoms with E-state index in [4.69, 9.17) is 0 Å². The normalized spacial score (nSPS) is 51.2. The van der Waals surface area contributed by atoms with Gasteiger partial charge in [-0.2, -0.15) is 0 Å². The molecule has 2 heteroatoms. The zero-order chi connectivity index (χ0) is 12.4. The Bertz CT molecular complexity index is 358. The fraction of sp³-hybridized carbons (Fsp3) is 0.933. The number of alkyl halides is 3. The van der Waals surface area contributed by atoms with E-state index in [0.29, 0.717) is 41.9 Å². The van der Waals surface area contributed by atoms with Gasteiger partial charge in [0.15, 0.2) is 0 Å². The topological polar surface area (TPSA) is 0 Å². The maximum absolute atomic E-state index is 2.58. The van der Waals surface area contributed by atoms with Crippen LogP contribution in [-0.2, 0) is 0 Å². The molecule has 1 heterocycles. The SMILES string of the molecule is CCC1C(C)C2C3=IC(C)(C)CC2[C@H]([I-]C)C31. The summed E-state index contributed by atoms with van der Waals surface area (Å²) in [6.07, 6.45) is 3.02. The zero-order valence-corrected chi connectivity index (χ0v) is 15.9. The van der Waals surface area contributed by atoms with Crippen molar-refractivity contribution in [1.82, 2.24) is 0 Å².